The molecule has 4 rings (SSSR count). The zero-order valence-electron chi connectivity index (χ0n) is 16.4. The van der Waals surface area contributed by atoms with Gasteiger partial charge in [-0.2, -0.15) is 5.10 Å². The summed E-state index contributed by atoms with van der Waals surface area (Å²) in [7, 11) is 0. The minimum atomic E-state index is -0.185. The van der Waals surface area contributed by atoms with Gasteiger partial charge in [0, 0.05) is 30.7 Å². The Morgan fingerprint density at radius 3 is 2.62 bits per heavy atom. The van der Waals surface area contributed by atoms with Gasteiger partial charge in [-0.05, 0) is 61.4 Å². The van der Waals surface area contributed by atoms with E-state index in [4.69, 9.17) is 4.74 Å². The van der Waals surface area contributed by atoms with Crippen LogP contribution in [0.2, 0.25) is 0 Å². The Kier molecular flexibility index (Phi) is 5.39. The fraction of sp³-hybridized carbons (Fsp3) is 0.227. The number of carbonyl (C=O) groups is 1. The number of ether oxygens (including phenoxy) is 1. The fourth-order valence-electron chi connectivity index (χ4n) is 3.18. The molecular formula is C22H23N5O2. The molecule has 4 heterocycles. The third-order valence-electron chi connectivity index (χ3n) is 4.57. The minimum absolute atomic E-state index is 0.138. The molecule has 0 atom stereocenters. The van der Waals surface area contributed by atoms with E-state index in [-0.39, 0.29) is 12.0 Å². The summed E-state index contributed by atoms with van der Waals surface area (Å²) < 4.78 is 9.16. The maximum Gasteiger partial charge on any atom is 0.270 e. The molecule has 7 nitrogen and oxygen atoms in total. The molecule has 0 saturated heterocycles. The van der Waals surface area contributed by atoms with Crippen molar-refractivity contribution in [3.63, 3.8) is 0 Å². The van der Waals surface area contributed by atoms with Crippen molar-refractivity contribution in [1.29, 1.82) is 0 Å². The SMILES string of the molecule is CC(C)OCCNC(=O)c1ccnn1-c1ccc2ccc(-c3ccncc3)cn12. The van der Waals surface area contributed by atoms with E-state index in [1.807, 2.05) is 54.8 Å². The van der Waals surface area contributed by atoms with E-state index in [0.717, 1.165) is 22.5 Å². The predicted octanol–water partition coefficient (Wildman–Crippen LogP) is 3.34. The molecule has 0 aliphatic heterocycles. The van der Waals surface area contributed by atoms with Gasteiger partial charge in [0.2, 0.25) is 0 Å². The van der Waals surface area contributed by atoms with Crippen molar-refractivity contribution in [2.75, 3.05) is 13.2 Å². The van der Waals surface area contributed by atoms with Crippen LogP contribution in [-0.2, 0) is 4.74 Å². The van der Waals surface area contributed by atoms with E-state index in [1.54, 1.807) is 29.3 Å². The minimum Gasteiger partial charge on any atom is -0.377 e. The summed E-state index contributed by atoms with van der Waals surface area (Å²) in [5, 5.41) is 7.27. The van der Waals surface area contributed by atoms with Gasteiger partial charge >= 0.3 is 0 Å². The number of carbonyl (C=O) groups excluding carboxylic acids is 1. The van der Waals surface area contributed by atoms with Crippen molar-refractivity contribution in [2.24, 2.45) is 0 Å². The average molecular weight is 389 g/mol. The molecule has 7 heteroatoms. The van der Waals surface area contributed by atoms with Crippen LogP contribution in [-0.4, -0.2) is 44.3 Å². The number of pyridine rings is 2. The van der Waals surface area contributed by atoms with Gasteiger partial charge in [0.05, 0.1) is 18.9 Å². The Hall–Kier alpha value is -3.45. The predicted molar refractivity (Wildman–Crippen MR) is 111 cm³/mol. The molecule has 29 heavy (non-hydrogen) atoms. The number of fused-ring (bicyclic) bond motifs is 1. The van der Waals surface area contributed by atoms with Crippen molar-refractivity contribution in [3.05, 3.63) is 72.9 Å². The molecule has 0 saturated carbocycles. The number of rotatable bonds is 7. The lowest BCUT2D eigenvalue weighted by atomic mass is 10.1. The van der Waals surface area contributed by atoms with Gasteiger partial charge in [-0.1, -0.05) is 6.07 Å². The zero-order valence-corrected chi connectivity index (χ0v) is 16.4. The Labute approximate surface area is 169 Å². The summed E-state index contributed by atoms with van der Waals surface area (Å²) >= 11 is 0. The second-order valence-electron chi connectivity index (χ2n) is 6.94. The smallest absolute Gasteiger partial charge is 0.270 e. The lowest BCUT2D eigenvalue weighted by molar-refractivity contribution is 0.0744. The van der Waals surface area contributed by atoms with Crippen LogP contribution in [0.5, 0.6) is 0 Å². The standard InChI is InChI=1S/C22H23N5O2/c1-16(2)29-14-13-24-22(28)20-9-12-25-27(20)21-6-5-19-4-3-18(15-26(19)21)17-7-10-23-11-8-17/h3-12,15-16H,13-14H2,1-2H3,(H,24,28). The first kappa shape index (κ1) is 18.9. The molecule has 0 spiro atoms. The van der Waals surface area contributed by atoms with E-state index in [2.05, 4.69) is 21.5 Å². The van der Waals surface area contributed by atoms with Crippen molar-refractivity contribution in [1.82, 2.24) is 24.5 Å². The van der Waals surface area contributed by atoms with Gasteiger partial charge in [-0.15, -0.1) is 0 Å². The normalized spacial score (nSPS) is 11.3. The van der Waals surface area contributed by atoms with Gasteiger partial charge in [0.15, 0.2) is 0 Å². The third-order valence-corrected chi connectivity index (χ3v) is 4.57. The lowest BCUT2D eigenvalue weighted by Gasteiger charge is -2.11. The van der Waals surface area contributed by atoms with Crippen molar-refractivity contribution >= 4 is 11.4 Å². The Morgan fingerprint density at radius 1 is 1.03 bits per heavy atom. The monoisotopic (exact) mass is 389 g/mol. The van der Waals surface area contributed by atoms with Crippen LogP contribution in [0.25, 0.3) is 22.5 Å². The molecule has 0 bridgehead atoms. The second kappa shape index (κ2) is 8.28. The molecule has 148 valence electrons. The third kappa shape index (κ3) is 4.05. The van der Waals surface area contributed by atoms with E-state index in [0.29, 0.717) is 18.8 Å². The van der Waals surface area contributed by atoms with Gasteiger partial charge < -0.3 is 14.5 Å². The van der Waals surface area contributed by atoms with Gasteiger partial charge in [-0.25, -0.2) is 4.68 Å². The summed E-state index contributed by atoms with van der Waals surface area (Å²) in [5.74, 6) is 0.611. The molecule has 1 N–H and O–H groups in total. The lowest BCUT2D eigenvalue weighted by Crippen LogP contribution is -2.30. The molecule has 0 radical (unpaired) electrons. The maximum absolute atomic E-state index is 12.6. The Balaban J connectivity index is 1.62. The molecule has 0 fully saturated rings. The van der Waals surface area contributed by atoms with Crippen LogP contribution < -0.4 is 5.32 Å². The highest BCUT2D eigenvalue weighted by molar-refractivity contribution is 5.93. The first-order chi connectivity index (χ1) is 14.1. The second-order valence-corrected chi connectivity index (χ2v) is 6.94. The van der Waals surface area contributed by atoms with Crippen molar-refractivity contribution < 1.29 is 9.53 Å². The van der Waals surface area contributed by atoms with Crippen LogP contribution in [0, 0.1) is 0 Å². The first-order valence-electron chi connectivity index (χ1n) is 9.59. The van der Waals surface area contributed by atoms with E-state index in [9.17, 15) is 4.79 Å². The molecular weight excluding hydrogens is 366 g/mol. The molecule has 0 aromatic carbocycles. The van der Waals surface area contributed by atoms with Crippen LogP contribution >= 0.6 is 0 Å². The summed E-state index contributed by atoms with van der Waals surface area (Å²) in [5.41, 5.74) is 3.63. The Bertz CT molecular complexity index is 1110. The molecule has 4 aromatic rings. The highest BCUT2D eigenvalue weighted by atomic mass is 16.5. The summed E-state index contributed by atoms with van der Waals surface area (Å²) in [6.45, 7) is 4.86. The topological polar surface area (TPSA) is 73.4 Å². The molecule has 1 amide bonds. The quantitative estimate of drug-likeness (QED) is 0.492. The number of nitrogens with zero attached hydrogens (tertiary/aromatic N) is 4. The number of amides is 1. The molecule has 0 aliphatic carbocycles. The largest absolute Gasteiger partial charge is 0.377 e. The van der Waals surface area contributed by atoms with Crippen LogP contribution in [0.4, 0.5) is 0 Å². The molecule has 0 unspecified atom stereocenters. The van der Waals surface area contributed by atoms with Crippen molar-refractivity contribution in [3.8, 4) is 16.9 Å². The first-order valence-corrected chi connectivity index (χ1v) is 9.59. The van der Waals surface area contributed by atoms with Crippen molar-refractivity contribution in [2.45, 2.75) is 20.0 Å². The van der Waals surface area contributed by atoms with Gasteiger partial charge in [0.1, 0.15) is 11.5 Å². The average Bonchev–Trinajstić information content (AvgIpc) is 3.37. The maximum atomic E-state index is 12.6. The van der Waals surface area contributed by atoms with Crippen LogP contribution in [0.3, 0.4) is 0 Å². The van der Waals surface area contributed by atoms with E-state index in [1.165, 1.54) is 0 Å². The molecule has 0 aliphatic rings. The summed E-state index contributed by atoms with van der Waals surface area (Å²) in [6, 6.07) is 13.7. The number of hydrogen-bond acceptors (Lipinski definition) is 4. The molecule has 4 aromatic heterocycles. The van der Waals surface area contributed by atoms with Crippen LogP contribution in [0.1, 0.15) is 24.3 Å². The number of aromatic nitrogens is 4. The number of hydrogen-bond donors (Lipinski definition) is 1. The fourth-order valence-corrected chi connectivity index (χ4v) is 3.18. The van der Waals surface area contributed by atoms with Crippen LogP contribution in [0.15, 0.2) is 67.3 Å². The Morgan fingerprint density at radius 2 is 1.83 bits per heavy atom. The highest BCUT2D eigenvalue weighted by Crippen LogP contribution is 2.23. The summed E-state index contributed by atoms with van der Waals surface area (Å²) in [4.78, 5) is 16.7. The van der Waals surface area contributed by atoms with Gasteiger partial charge in [0.25, 0.3) is 5.91 Å². The van der Waals surface area contributed by atoms with E-state index < -0.39 is 0 Å². The number of nitrogens with one attached hydrogen (secondary N) is 1. The zero-order chi connectivity index (χ0) is 20.2. The highest BCUT2D eigenvalue weighted by Gasteiger charge is 2.15. The van der Waals surface area contributed by atoms with Gasteiger partial charge in [-0.3, -0.25) is 9.78 Å². The van der Waals surface area contributed by atoms with E-state index >= 15 is 0 Å². The summed E-state index contributed by atoms with van der Waals surface area (Å²) in [6.07, 6.45) is 7.36.